The number of hydrogen-bond acceptors (Lipinski definition) is 5. The molecule has 24 heavy (non-hydrogen) atoms. The Labute approximate surface area is 135 Å². The molecule has 0 saturated heterocycles. The minimum Gasteiger partial charge on any atom is -0.375 e. The first-order valence-electron chi connectivity index (χ1n) is 6.87. The van der Waals surface area contributed by atoms with Gasteiger partial charge < -0.3 is 10.2 Å². The number of alkyl halides is 2. The molecule has 2 aromatic rings. The minimum atomic E-state index is -2.83. The van der Waals surface area contributed by atoms with E-state index in [4.69, 9.17) is 0 Å². The van der Waals surface area contributed by atoms with Gasteiger partial charge in [-0.25, -0.2) is 18.3 Å². The highest BCUT2D eigenvalue weighted by molar-refractivity contribution is 6.09. The van der Waals surface area contributed by atoms with E-state index < -0.39 is 18.0 Å². The first-order valence-corrected chi connectivity index (χ1v) is 6.87. The molecule has 10 heteroatoms. The molecule has 0 aromatic carbocycles. The van der Waals surface area contributed by atoms with E-state index in [1.165, 1.54) is 16.9 Å². The summed E-state index contributed by atoms with van der Waals surface area (Å²) in [5.74, 6) is -0.606. The average Bonchev–Trinajstić information content (AvgIpc) is 3.09. The van der Waals surface area contributed by atoms with Crippen molar-refractivity contribution in [2.45, 2.75) is 6.43 Å². The number of allylic oxidation sites excluding steroid dienone is 1. The summed E-state index contributed by atoms with van der Waals surface area (Å²) in [5.41, 5.74) is 0.638. The van der Waals surface area contributed by atoms with E-state index in [9.17, 15) is 13.6 Å². The topological polar surface area (TPSA) is 77.9 Å². The zero-order valence-corrected chi connectivity index (χ0v) is 12.9. The summed E-state index contributed by atoms with van der Waals surface area (Å²) in [6.07, 6.45) is 3.01. The number of rotatable bonds is 4. The number of nitrogens with zero attached hydrogens (tertiary/aromatic N) is 6. The molecule has 1 N–H and O–H groups in total. The molecule has 1 aliphatic heterocycles. The van der Waals surface area contributed by atoms with Crippen LogP contribution >= 0.6 is 0 Å². The van der Waals surface area contributed by atoms with Crippen LogP contribution in [0.1, 0.15) is 10.4 Å². The molecule has 0 unspecified atom stereocenters. The number of anilines is 1. The number of carbonyl (C=O) groups is 1. The molecule has 0 radical (unpaired) electrons. The van der Waals surface area contributed by atoms with Gasteiger partial charge in [-0.1, -0.05) is 4.68 Å². The molecule has 3 rings (SSSR count). The molecular weight excluding hydrogens is 320 g/mol. The molecular formula is C14H14F2N7O+. The number of aromatic nitrogens is 3. The quantitative estimate of drug-likeness (QED) is 0.836. The van der Waals surface area contributed by atoms with Crippen LogP contribution in [0.15, 0.2) is 35.6 Å². The third kappa shape index (κ3) is 2.73. The lowest BCUT2D eigenvalue weighted by Crippen LogP contribution is -2.29. The molecule has 1 aliphatic rings. The molecule has 0 atom stereocenters. The lowest BCUT2D eigenvalue weighted by atomic mass is 10.2. The standard InChI is InChI=1S/C14H13F2N7O/c1-21(2)8-4-17-13-9(5-18-23(13)6-8)14(24)19-10-7-22(3)20-11(10)12(15)16/h4-7,12H,3H2,1-2H3/p+1. The molecule has 3 heterocycles. The first-order chi connectivity index (χ1) is 11.4. The number of halogens is 2. The summed E-state index contributed by atoms with van der Waals surface area (Å²) < 4.78 is 28.3. The Hall–Kier alpha value is -3.17. The van der Waals surface area contributed by atoms with Gasteiger partial charge in [-0.3, -0.25) is 4.79 Å². The Morgan fingerprint density at radius 1 is 1.42 bits per heavy atom. The fourth-order valence-corrected chi connectivity index (χ4v) is 2.14. The van der Waals surface area contributed by atoms with Gasteiger partial charge >= 0.3 is 0 Å². The predicted molar refractivity (Wildman–Crippen MR) is 83.7 cm³/mol. The van der Waals surface area contributed by atoms with Gasteiger partial charge in [-0.2, -0.15) is 5.10 Å². The fraction of sp³-hybridized carbons (Fsp3) is 0.214. The maximum atomic E-state index is 12.9. The van der Waals surface area contributed by atoms with Gasteiger partial charge in [0.1, 0.15) is 11.3 Å². The normalized spacial score (nSPS) is 14.1. The van der Waals surface area contributed by atoms with Crippen LogP contribution in [0.2, 0.25) is 0 Å². The molecule has 0 saturated carbocycles. The Balaban J connectivity index is 1.89. The van der Waals surface area contributed by atoms with Gasteiger partial charge in [-0.05, 0) is 0 Å². The van der Waals surface area contributed by atoms with Gasteiger partial charge in [-0.15, -0.1) is 0 Å². The van der Waals surface area contributed by atoms with Gasteiger partial charge in [0.2, 0.25) is 11.9 Å². The molecule has 0 aliphatic carbocycles. The second-order valence-corrected chi connectivity index (χ2v) is 5.26. The van der Waals surface area contributed by atoms with Crippen LogP contribution in [0, 0.1) is 0 Å². The summed E-state index contributed by atoms with van der Waals surface area (Å²) in [4.78, 5) is 18.4. The van der Waals surface area contributed by atoms with Crippen molar-refractivity contribution in [3.8, 4) is 0 Å². The number of hydrogen-bond donors (Lipinski definition) is 1. The van der Waals surface area contributed by atoms with Crippen LogP contribution in [-0.4, -0.2) is 58.1 Å². The molecule has 0 bridgehead atoms. The third-order valence-electron chi connectivity index (χ3n) is 3.35. The number of hydrazone groups is 1. The highest BCUT2D eigenvalue weighted by atomic mass is 19.3. The van der Waals surface area contributed by atoms with E-state index in [0.29, 0.717) is 5.65 Å². The van der Waals surface area contributed by atoms with Crippen molar-refractivity contribution in [3.05, 3.63) is 36.1 Å². The van der Waals surface area contributed by atoms with Gasteiger partial charge in [0.15, 0.2) is 12.4 Å². The smallest absolute Gasteiger partial charge is 0.288 e. The van der Waals surface area contributed by atoms with E-state index in [1.807, 2.05) is 19.0 Å². The number of carbonyl (C=O) groups excluding carboxylic acids is 1. The van der Waals surface area contributed by atoms with Gasteiger partial charge in [0, 0.05) is 19.2 Å². The van der Waals surface area contributed by atoms with Crippen LogP contribution in [0.25, 0.3) is 5.65 Å². The van der Waals surface area contributed by atoms with Gasteiger partial charge in [0.25, 0.3) is 12.3 Å². The summed E-state index contributed by atoms with van der Waals surface area (Å²) in [6.45, 7) is 3.42. The van der Waals surface area contributed by atoms with E-state index >= 15 is 0 Å². The maximum Gasteiger partial charge on any atom is 0.288 e. The van der Waals surface area contributed by atoms with Crippen molar-refractivity contribution >= 4 is 29.7 Å². The highest BCUT2D eigenvalue weighted by Gasteiger charge is 2.31. The second kappa shape index (κ2) is 5.80. The molecule has 0 fully saturated rings. The SMILES string of the molecule is C=[N+]1C=C(NC(=O)c2cnn3cc(N(C)C)cnc23)C(C(F)F)=N1. The van der Waals surface area contributed by atoms with E-state index in [-0.39, 0.29) is 11.3 Å². The van der Waals surface area contributed by atoms with Gasteiger partial charge in [0.05, 0.1) is 24.3 Å². The van der Waals surface area contributed by atoms with Crippen molar-refractivity contribution in [2.24, 2.45) is 5.10 Å². The molecule has 8 nitrogen and oxygen atoms in total. The zero-order valence-electron chi connectivity index (χ0n) is 12.9. The van der Waals surface area contributed by atoms with Crippen molar-refractivity contribution in [3.63, 3.8) is 0 Å². The van der Waals surface area contributed by atoms with Crippen molar-refractivity contribution in [1.82, 2.24) is 19.9 Å². The largest absolute Gasteiger partial charge is 0.375 e. The van der Waals surface area contributed by atoms with Crippen molar-refractivity contribution in [1.29, 1.82) is 0 Å². The highest BCUT2D eigenvalue weighted by Crippen LogP contribution is 2.16. The molecule has 0 spiro atoms. The Morgan fingerprint density at radius 3 is 2.83 bits per heavy atom. The van der Waals surface area contributed by atoms with Crippen LogP contribution < -0.4 is 10.2 Å². The maximum absolute atomic E-state index is 12.9. The molecule has 124 valence electrons. The summed E-state index contributed by atoms with van der Waals surface area (Å²) in [7, 11) is 3.70. The summed E-state index contributed by atoms with van der Waals surface area (Å²) in [6, 6.07) is 0. The Bertz CT molecular complexity index is 898. The second-order valence-electron chi connectivity index (χ2n) is 5.26. The monoisotopic (exact) mass is 334 g/mol. The third-order valence-corrected chi connectivity index (χ3v) is 3.35. The van der Waals surface area contributed by atoms with Crippen molar-refractivity contribution in [2.75, 3.05) is 19.0 Å². The number of fused-ring (bicyclic) bond motifs is 1. The average molecular weight is 334 g/mol. The van der Waals surface area contributed by atoms with Crippen LogP contribution in [0.5, 0.6) is 0 Å². The predicted octanol–water partition coefficient (Wildman–Crippen LogP) is 0.714. The summed E-state index contributed by atoms with van der Waals surface area (Å²) >= 11 is 0. The van der Waals surface area contributed by atoms with Crippen LogP contribution in [0.4, 0.5) is 14.5 Å². The Kier molecular flexibility index (Phi) is 3.80. The van der Waals surface area contributed by atoms with E-state index in [2.05, 4.69) is 27.2 Å². The van der Waals surface area contributed by atoms with Crippen LogP contribution in [-0.2, 0) is 0 Å². The lowest BCUT2D eigenvalue weighted by Gasteiger charge is -2.11. The Morgan fingerprint density at radius 2 is 2.17 bits per heavy atom. The summed E-state index contributed by atoms with van der Waals surface area (Å²) in [5, 5.41) is 10.0. The van der Waals surface area contributed by atoms with E-state index in [0.717, 1.165) is 10.4 Å². The molecule has 2 aromatic heterocycles. The van der Waals surface area contributed by atoms with Crippen molar-refractivity contribution < 1.29 is 18.3 Å². The zero-order chi connectivity index (χ0) is 17.4. The van der Waals surface area contributed by atoms with E-state index in [1.54, 1.807) is 12.4 Å². The van der Waals surface area contributed by atoms with Crippen LogP contribution in [0.3, 0.4) is 0 Å². The lowest BCUT2D eigenvalue weighted by molar-refractivity contribution is -0.449. The fourth-order valence-electron chi connectivity index (χ4n) is 2.14. The first kappa shape index (κ1) is 15.7. The molecule has 1 amide bonds. The number of amides is 1. The number of nitrogens with one attached hydrogen (secondary N) is 1. The minimum absolute atomic E-state index is 0.103.